The van der Waals surface area contributed by atoms with E-state index in [4.69, 9.17) is 23.7 Å². The van der Waals surface area contributed by atoms with Crippen LogP contribution in [0.4, 0.5) is 0 Å². The van der Waals surface area contributed by atoms with E-state index in [0.717, 1.165) is 16.7 Å². The van der Waals surface area contributed by atoms with Crippen LogP contribution in [-0.4, -0.2) is 49.1 Å². The number of hydrogen-bond acceptors (Lipinski definition) is 7. The highest BCUT2D eigenvalue weighted by atomic mass is 16.7. The fourth-order valence-electron chi connectivity index (χ4n) is 4.49. The number of benzene rings is 3. The summed E-state index contributed by atoms with van der Waals surface area (Å²) in [5, 5.41) is 2.87. The van der Waals surface area contributed by atoms with E-state index in [1.54, 1.807) is 0 Å². The van der Waals surface area contributed by atoms with Gasteiger partial charge in [0, 0.05) is 13.8 Å². The zero-order valence-electron chi connectivity index (χ0n) is 22.2. The average molecular weight is 534 g/mol. The molecule has 0 aromatic heterocycles. The summed E-state index contributed by atoms with van der Waals surface area (Å²) >= 11 is 0. The van der Waals surface area contributed by atoms with E-state index in [1.165, 1.54) is 13.8 Å². The maximum Gasteiger partial charge on any atom is 0.305 e. The van der Waals surface area contributed by atoms with Crippen LogP contribution >= 0.6 is 0 Å². The number of carbonyl (C=O) groups excluding carboxylic acids is 2. The molecule has 1 saturated heterocycles. The molecule has 4 rings (SSSR count). The highest BCUT2D eigenvalue weighted by Crippen LogP contribution is 2.29. The fourth-order valence-corrected chi connectivity index (χ4v) is 4.49. The quantitative estimate of drug-likeness (QED) is 0.350. The Morgan fingerprint density at radius 2 is 1.21 bits per heavy atom. The molecule has 1 heterocycles. The van der Waals surface area contributed by atoms with Crippen molar-refractivity contribution in [1.29, 1.82) is 0 Å². The Kier molecular flexibility index (Phi) is 10.6. The number of esters is 1. The largest absolute Gasteiger partial charge is 0.434 e. The lowest BCUT2D eigenvalue weighted by molar-refractivity contribution is -0.283. The summed E-state index contributed by atoms with van der Waals surface area (Å²) in [6, 6.07) is 28.5. The van der Waals surface area contributed by atoms with Crippen LogP contribution in [0.25, 0.3) is 0 Å². The second kappa shape index (κ2) is 14.6. The maximum atomic E-state index is 12.2. The molecule has 0 bridgehead atoms. The molecule has 1 amide bonds. The molecule has 3 aromatic carbocycles. The van der Waals surface area contributed by atoms with Gasteiger partial charge < -0.3 is 29.0 Å². The number of ether oxygens (including phenoxy) is 5. The first kappa shape index (κ1) is 28.4. The minimum absolute atomic E-state index is 0.157. The topological polar surface area (TPSA) is 92.3 Å². The first-order chi connectivity index (χ1) is 19.0. The van der Waals surface area contributed by atoms with Crippen LogP contribution in [0, 0.1) is 0 Å². The van der Waals surface area contributed by atoms with Crippen molar-refractivity contribution in [3.05, 3.63) is 108 Å². The van der Waals surface area contributed by atoms with E-state index >= 15 is 0 Å². The van der Waals surface area contributed by atoms with Crippen LogP contribution in [0.15, 0.2) is 91.0 Å². The van der Waals surface area contributed by atoms with Gasteiger partial charge in [0.25, 0.3) is 0 Å². The molecule has 0 spiro atoms. The van der Waals surface area contributed by atoms with E-state index in [2.05, 4.69) is 5.32 Å². The van der Waals surface area contributed by atoms with Crippen molar-refractivity contribution >= 4 is 11.9 Å². The number of nitrogens with one attached hydrogen (secondary N) is 1. The third-order valence-electron chi connectivity index (χ3n) is 6.26. The van der Waals surface area contributed by atoms with Crippen molar-refractivity contribution in [1.82, 2.24) is 5.32 Å². The zero-order chi connectivity index (χ0) is 27.5. The Morgan fingerprint density at radius 3 is 1.69 bits per heavy atom. The SMILES string of the molecule is CC(=O)NC1C(OCc2ccccc2)[C@H](OCc2ccccc2)C(COCc2ccccc2)O[C@H]1OC(C)=O. The lowest BCUT2D eigenvalue weighted by Crippen LogP contribution is -2.66. The van der Waals surface area contributed by atoms with Crippen LogP contribution in [0.5, 0.6) is 0 Å². The van der Waals surface area contributed by atoms with Crippen LogP contribution in [0.2, 0.25) is 0 Å². The van der Waals surface area contributed by atoms with Gasteiger partial charge in [-0.1, -0.05) is 91.0 Å². The van der Waals surface area contributed by atoms with Crippen molar-refractivity contribution < 1.29 is 33.3 Å². The van der Waals surface area contributed by atoms with Gasteiger partial charge in [-0.25, -0.2) is 0 Å². The molecule has 0 aliphatic carbocycles. The van der Waals surface area contributed by atoms with E-state index in [0.29, 0.717) is 13.2 Å². The summed E-state index contributed by atoms with van der Waals surface area (Å²) in [6.45, 7) is 3.78. The molecule has 39 heavy (non-hydrogen) atoms. The molecule has 1 aliphatic heterocycles. The lowest BCUT2D eigenvalue weighted by atomic mass is 9.95. The Morgan fingerprint density at radius 1 is 0.718 bits per heavy atom. The van der Waals surface area contributed by atoms with Gasteiger partial charge in [-0.05, 0) is 16.7 Å². The highest BCUT2D eigenvalue weighted by molar-refractivity contribution is 5.73. The standard InChI is InChI=1S/C31H35NO7/c1-22(33)32-28-30(37-20-26-16-10-5-11-17-26)29(36-19-25-14-8-4-9-15-25)27(39-31(28)38-23(2)34)21-35-18-24-12-6-3-7-13-24/h3-17,27-31H,18-21H2,1-2H3,(H,32,33)/t27?,28?,29-,30?,31-/m1/s1. The Bertz CT molecular complexity index is 1160. The molecular formula is C31H35NO7. The predicted molar refractivity (Wildman–Crippen MR) is 144 cm³/mol. The van der Waals surface area contributed by atoms with Crippen molar-refractivity contribution in [3.8, 4) is 0 Å². The molecule has 3 aromatic rings. The van der Waals surface area contributed by atoms with E-state index in [-0.39, 0.29) is 19.1 Å². The number of carbonyl (C=O) groups is 2. The summed E-state index contributed by atoms with van der Waals surface area (Å²) in [5.74, 6) is -0.848. The molecule has 1 N–H and O–H groups in total. The van der Waals surface area contributed by atoms with E-state index in [1.807, 2.05) is 91.0 Å². The van der Waals surface area contributed by atoms with Crippen molar-refractivity contribution in [2.24, 2.45) is 0 Å². The molecule has 0 radical (unpaired) electrons. The lowest BCUT2D eigenvalue weighted by Gasteiger charge is -2.45. The van der Waals surface area contributed by atoms with Crippen LogP contribution in [0.3, 0.4) is 0 Å². The van der Waals surface area contributed by atoms with Gasteiger partial charge in [0.05, 0.1) is 26.4 Å². The van der Waals surface area contributed by atoms with Crippen LogP contribution in [-0.2, 0) is 53.1 Å². The van der Waals surface area contributed by atoms with Gasteiger partial charge in [0.2, 0.25) is 12.2 Å². The summed E-state index contributed by atoms with van der Waals surface area (Å²) in [4.78, 5) is 24.2. The van der Waals surface area contributed by atoms with Crippen molar-refractivity contribution in [3.63, 3.8) is 0 Å². The summed E-state index contributed by atoms with van der Waals surface area (Å²) in [7, 11) is 0. The summed E-state index contributed by atoms with van der Waals surface area (Å²) in [6.07, 6.45) is -3.09. The molecule has 3 unspecified atom stereocenters. The van der Waals surface area contributed by atoms with Crippen LogP contribution < -0.4 is 5.32 Å². The zero-order valence-corrected chi connectivity index (χ0v) is 22.2. The smallest absolute Gasteiger partial charge is 0.305 e. The Hall–Kier alpha value is -3.56. The van der Waals surface area contributed by atoms with Gasteiger partial charge >= 0.3 is 5.97 Å². The van der Waals surface area contributed by atoms with Crippen molar-refractivity contribution in [2.75, 3.05) is 6.61 Å². The molecule has 206 valence electrons. The summed E-state index contributed by atoms with van der Waals surface area (Å²) in [5.41, 5.74) is 2.94. The minimum Gasteiger partial charge on any atom is -0.434 e. The summed E-state index contributed by atoms with van der Waals surface area (Å²) < 4.78 is 30.7. The maximum absolute atomic E-state index is 12.2. The van der Waals surface area contributed by atoms with Gasteiger partial charge in [-0.3, -0.25) is 9.59 Å². The van der Waals surface area contributed by atoms with E-state index < -0.39 is 36.6 Å². The first-order valence-electron chi connectivity index (χ1n) is 13.0. The predicted octanol–water partition coefficient (Wildman–Crippen LogP) is 4.17. The molecular weight excluding hydrogens is 498 g/mol. The monoisotopic (exact) mass is 533 g/mol. The first-order valence-corrected chi connectivity index (χ1v) is 13.0. The molecule has 8 nitrogen and oxygen atoms in total. The highest BCUT2D eigenvalue weighted by Gasteiger charge is 2.49. The van der Waals surface area contributed by atoms with E-state index in [9.17, 15) is 9.59 Å². The number of amides is 1. The molecule has 8 heteroatoms. The van der Waals surface area contributed by atoms with Gasteiger partial charge in [-0.2, -0.15) is 0 Å². The third kappa shape index (κ3) is 8.73. The fraction of sp³-hybridized carbons (Fsp3) is 0.355. The minimum atomic E-state index is -1.09. The van der Waals surface area contributed by atoms with Gasteiger partial charge in [-0.15, -0.1) is 0 Å². The van der Waals surface area contributed by atoms with Gasteiger partial charge in [0.1, 0.15) is 24.4 Å². The molecule has 1 fully saturated rings. The number of hydrogen-bond donors (Lipinski definition) is 1. The Labute approximate surface area is 229 Å². The van der Waals surface area contributed by atoms with Crippen LogP contribution in [0.1, 0.15) is 30.5 Å². The second-order valence-corrected chi connectivity index (χ2v) is 9.40. The molecule has 1 aliphatic rings. The molecule has 5 atom stereocenters. The van der Waals surface area contributed by atoms with Gasteiger partial charge in [0.15, 0.2) is 0 Å². The average Bonchev–Trinajstić information content (AvgIpc) is 2.94. The van der Waals surface area contributed by atoms with Crippen molar-refractivity contribution in [2.45, 2.75) is 64.3 Å². The molecule has 0 saturated carbocycles. The Balaban J connectivity index is 1.60. The number of rotatable bonds is 12. The normalized spacial score (nSPS) is 22.7. The third-order valence-corrected chi connectivity index (χ3v) is 6.26. The second-order valence-electron chi connectivity index (χ2n) is 9.40.